The molecule has 1 aromatic carbocycles. The van der Waals surface area contributed by atoms with Gasteiger partial charge < -0.3 is 10.6 Å². The lowest BCUT2D eigenvalue weighted by molar-refractivity contribution is -0.118. The highest BCUT2D eigenvalue weighted by molar-refractivity contribution is 7.12. The normalized spacial score (nSPS) is 12.0. The van der Waals surface area contributed by atoms with E-state index in [4.69, 9.17) is 0 Å². The van der Waals surface area contributed by atoms with E-state index in [0.29, 0.717) is 17.1 Å². The van der Waals surface area contributed by atoms with Crippen LogP contribution in [0.15, 0.2) is 53.9 Å². The molecule has 0 aliphatic rings. The van der Waals surface area contributed by atoms with Crippen LogP contribution in [-0.4, -0.2) is 28.1 Å². The van der Waals surface area contributed by atoms with Crippen LogP contribution in [-0.2, 0) is 11.2 Å². The number of thiophene rings is 1. The van der Waals surface area contributed by atoms with Gasteiger partial charge in [0.15, 0.2) is 5.82 Å². The Kier molecular flexibility index (Phi) is 6.03. The SMILES string of the molecule is CC(C)c1cc(NC(=O)C(Cc2ccccc2)NC(=O)c2cccs2)n[nH]1. The van der Waals surface area contributed by atoms with Gasteiger partial charge in [0.2, 0.25) is 5.91 Å². The molecular weight excluding hydrogens is 360 g/mol. The summed E-state index contributed by atoms with van der Waals surface area (Å²) in [5, 5.41) is 14.5. The van der Waals surface area contributed by atoms with E-state index < -0.39 is 6.04 Å². The van der Waals surface area contributed by atoms with Crippen molar-refractivity contribution in [1.29, 1.82) is 0 Å². The molecule has 6 nitrogen and oxygen atoms in total. The van der Waals surface area contributed by atoms with Gasteiger partial charge in [0.05, 0.1) is 4.88 Å². The summed E-state index contributed by atoms with van der Waals surface area (Å²) >= 11 is 1.34. The second-order valence-electron chi connectivity index (χ2n) is 6.55. The fourth-order valence-electron chi connectivity index (χ4n) is 2.61. The Balaban J connectivity index is 1.74. The summed E-state index contributed by atoms with van der Waals surface area (Å²) < 4.78 is 0. The molecule has 27 heavy (non-hydrogen) atoms. The Morgan fingerprint density at radius 1 is 1.15 bits per heavy atom. The minimum absolute atomic E-state index is 0.258. The number of amides is 2. The van der Waals surface area contributed by atoms with Crippen LogP contribution in [0.1, 0.15) is 40.7 Å². The number of H-pyrrole nitrogens is 1. The fourth-order valence-corrected chi connectivity index (χ4v) is 3.23. The molecule has 0 bridgehead atoms. The van der Waals surface area contributed by atoms with E-state index in [-0.39, 0.29) is 17.7 Å². The zero-order valence-electron chi connectivity index (χ0n) is 15.2. The first-order valence-corrected chi connectivity index (χ1v) is 9.65. The van der Waals surface area contributed by atoms with Gasteiger partial charge in [-0.1, -0.05) is 50.2 Å². The van der Waals surface area contributed by atoms with Crippen LogP contribution in [0.2, 0.25) is 0 Å². The lowest BCUT2D eigenvalue weighted by Gasteiger charge is -2.17. The molecule has 0 fully saturated rings. The molecule has 0 spiro atoms. The second-order valence-corrected chi connectivity index (χ2v) is 7.49. The number of rotatable bonds is 7. The number of nitrogens with zero attached hydrogens (tertiary/aromatic N) is 1. The van der Waals surface area contributed by atoms with Crippen LogP contribution < -0.4 is 10.6 Å². The molecule has 2 heterocycles. The van der Waals surface area contributed by atoms with Crippen molar-refractivity contribution < 1.29 is 9.59 Å². The largest absolute Gasteiger partial charge is 0.339 e. The third-order valence-corrected chi connectivity index (χ3v) is 4.99. The van der Waals surface area contributed by atoms with Crippen LogP contribution in [0.25, 0.3) is 0 Å². The van der Waals surface area contributed by atoms with Crippen molar-refractivity contribution in [3.05, 3.63) is 70.0 Å². The molecule has 3 N–H and O–H groups in total. The van der Waals surface area contributed by atoms with Crippen molar-refractivity contribution in [2.45, 2.75) is 32.2 Å². The molecule has 0 saturated carbocycles. The molecule has 0 aliphatic carbocycles. The summed E-state index contributed by atoms with van der Waals surface area (Å²) in [4.78, 5) is 25.9. The van der Waals surface area contributed by atoms with Crippen molar-refractivity contribution >= 4 is 29.0 Å². The van der Waals surface area contributed by atoms with Gasteiger partial charge in [-0.3, -0.25) is 14.7 Å². The molecule has 1 unspecified atom stereocenters. The minimum Gasteiger partial charge on any atom is -0.339 e. The zero-order valence-corrected chi connectivity index (χ0v) is 16.0. The predicted octanol–water partition coefficient (Wildman–Crippen LogP) is 3.57. The molecule has 3 rings (SSSR count). The van der Waals surface area contributed by atoms with E-state index in [0.717, 1.165) is 11.3 Å². The molecule has 1 atom stereocenters. The molecule has 140 valence electrons. The van der Waals surface area contributed by atoms with E-state index in [1.807, 2.05) is 61.7 Å². The maximum atomic E-state index is 12.8. The van der Waals surface area contributed by atoms with Gasteiger partial charge >= 0.3 is 0 Å². The van der Waals surface area contributed by atoms with E-state index in [1.165, 1.54) is 11.3 Å². The maximum Gasteiger partial charge on any atom is 0.262 e. The van der Waals surface area contributed by atoms with Gasteiger partial charge in [0.25, 0.3) is 5.91 Å². The lowest BCUT2D eigenvalue weighted by atomic mass is 10.1. The lowest BCUT2D eigenvalue weighted by Crippen LogP contribution is -2.45. The summed E-state index contributed by atoms with van der Waals surface area (Å²) in [6.07, 6.45) is 0.394. The quantitative estimate of drug-likeness (QED) is 0.584. The number of benzene rings is 1. The van der Waals surface area contributed by atoms with Gasteiger partial charge in [-0.15, -0.1) is 11.3 Å². The highest BCUT2D eigenvalue weighted by atomic mass is 32.1. The van der Waals surface area contributed by atoms with E-state index in [9.17, 15) is 9.59 Å². The fraction of sp³-hybridized carbons (Fsp3) is 0.250. The monoisotopic (exact) mass is 382 g/mol. The number of aromatic amines is 1. The maximum absolute atomic E-state index is 12.8. The van der Waals surface area contributed by atoms with Gasteiger partial charge in [-0.05, 0) is 22.9 Å². The predicted molar refractivity (Wildman–Crippen MR) is 107 cm³/mol. The number of hydrogen-bond donors (Lipinski definition) is 3. The Hall–Kier alpha value is -2.93. The summed E-state index contributed by atoms with van der Waals surface area (Å²) in [5.74, 6) is 0.172. The molecule has 2 aromatic heterocycles. The van der Waals surface area contributed by atoms with Gasteiger partial charge in [0, 0.05) is 18.2 Å². The van der Waals surface area contributed by atoms with Gasteiger partial charge in [-0.2, -0.15) is 5.10 Å². The molecule has 3 aromatic rings. The number of carbonyl (C=O) groups excluding carboxylic acids is 2. The summed E-state index contributed by atoms with van der Waals surface area (Å²) in [5.41, 5.74) is 1.90. The Morgan fingerprint density at radius 3 is 2.56 bits per heavy atom. The van der Waals surface area contributed by atoms with Gasteiger partial charge in [-0.25, -0.2) is 0 Å². The average molecular weight is 382 g/mol. The van der Waals surface area contributed by atoms with E-state index >= 15 is 0 Å². The van der Waals surface area contributed by atoms with Crippen molar-refractivity contribution in [1.82, 2.24) is 15.5 Å². The zero-order chi connectivity index (χ0) is 19.2. The average Bonchev–Trinajstić information content (AvgIpc) is 3.34. The van der Waals surface area contributed by atoms with Crippen molar-refractivity contribution in [2.75, 3.05) is 5.32 Å². The smallest absolute Gasteiger partial charge is 0.262 e. The number of carbonyl (C=O) groups is 2. The first-order chi connectivity index (χ1) is 13.0. The summed E-state index contributed by atoms with van der Waals surface area (Å²) in [6.45, 7) is 4.08. The highest BCUT2D eigenvalue weighted by Crippen LogP contribution is 2.16. The Labute approximate surface area is 162 Å². The second kappa shape index (κ2) is 8.64. The van der Waals surface area contributed by atoms with Crippen LogP contribution in [0.3, 0.4) is 0 Å². The van der Waals surface area contributed by atoms with E-state index in [2.05, 4.69) is 20.8 Å². The van der Waals surface area contributed by atoms with Crippen molar-refractivity contribution in [3.63, 3.8) is 0 Å². The topological polar surface area (TPSA) is 86.9 Å². The van der Waals surface area contributed by atoms with E-state index in [1.54, 1.807) is 6.07 Å². The Morgan fingerprint density at radius 2 is 1.93 bits per heavy atom. The van der Waals surface area contributed by atoms with Crippen molar-refractivity contribution in [2.24, 2.45) is 0 Å². The van der Waals surface area contributed by atoms with Crippen LogP contribution in [0, 0.1) is 0 Å². The van der Waals surface area contributed by atoms with Crippen LogP contribution in [0.5, 0.6) is 0 Å². The van der Waals surface area contributed by atoms with Gasteiger partial charge in [0.1, 0.15) is 6.04 Å². The molecule has 2 amide bonds. The third kappa shape index (κ3) is 5.04. The highest BCUT2D eigenvalue weighted by Gasteiger charge is 2.23. The molecular formula is C20H22N4O2S. The number of aromatic nitrogens is 2. The Bertz CT molecular complexity index is 888. The summed E-state index contributed by atoms with van der Waals surface area (Å²) in [7, 11) is 0. The first kappa shape index (κ1) is 18.8. The molecule has 0 radical (unpaired) electrons. The number of anilines is 1. The number of hydrogen-bond acceptors (Lipinski definition) is 4. The van der Waals surface area contributed by atoms with Crippen LogP contribution >= 0.6 is 11.3 Å². The molecule has 0 saturated heterocycles. The first-order valence-electron chi connectivity index (χ1n) is 8.77. The van der Waals surface area contributed by atoms with Crippen LogP contribution in [0.4, 0.5) is 5.82 Å². The minimum atomic E-state index is -0.707. The summed E-state index contributed by atoms with van der Waals surface area (Å²) in [6, 6.07) is 14.3. The third-order valence-electron chi connectivity index (χ3n) is 4.12. The number of nitrogens with one attached hydrogen (secondary N) is 3. The molecule has 0 aliphatic heterocycles. The molecule has 7 heteroatoms. The standard InChI is InChI=1S/C20H22N4O2S/c1-13(2)15-12-18(24-23-15)22-19(25)16(11-14-7-4-3-5-8-14)21-20(26)17-9-6-10-27-17/h3-10,12-13,16H,11H2,1-2H3,(H,21,26)(H2,22,23,24,25). The van der Waals surface area contributed by atoms with Crippen molar-refractivity contribution in [3.8, 4) is 0 Å².